The number of rotatable bonds is 3. The van der Waals surface area contributed by atoms with Gasteiger partial charge in [-0.15, -0.1) is 0 Å². The fourth-order valence-electron chi connectivity index (χ4n) is 1.38. The summed E-state index contributed by atoms with van der Waals surface area (Å²) in [4.78, 5) is 4.31. The molecule has 0 unspecified atom stereocenters. The third-order valence-corrected chi connectivity index (χ3v) is 2.08. The van der Waals surface area contributed by atoms with Crippen molar-refractivity contribution in [1.82, 2.24) is 14.8 Å². The first-order chi connectivity index (χ1) is 7.28. The molecule has 0 aliphatic heterocycles. The van der Waals surface area contributed by atoms with E-state index >= 15 is 0 Å². The predicted octanol–water partition coefficient (Wildman–Crippen LogP) is 1.64. The molecule has 0 saturated carbocycles. The Hall–Kier alpha value is -1.84. The van der Waals surface area contributed by atoms with Gasteiger partial charge in [0.2, 0.25) is 5.88 Å². The molecule has 2 aromatic heterocycles. The summed E-state index contributed by atoms with van der Waals surface area (Å²) in [5.74, 6) is 0.636. The molecule has 78 valence electrons. The van der Waals surface area contributed by atoms with Gasteiger partial charge in [0.25, 0.3) is 0 Å². The molecule has 0 atom stereocenters. The summed E-state index contributed by atoms with van der Waals surface area (Å²) in [6, 6.07) is 5.72. The molecule has 0 radical (unpaired) electrons. The summed E-state index contributed by atoms with van der Waals surface area (Å²) in [6.45, 7) is 2.69. The number of methoxy groups -OCH3 is 1. The first kappa shape index (κ1) is 9.71. The lowest BCUT2D eigenvalue weighted by atomic mass is 10.3. The van der Waals surface area contributed by atoms with Crippen LogP contribution in [0.15, 0.2) is 30.6 Å². The zero-order valence-corrected chi connectivity index (χ0v) is 8.84. The second kappa shape index (κ2) is 4.13. The van der Waals surface area contributed by atoms with Gasteiger partial charge in [0.05, 0.1) is 25.5 Å². The molecule has 2 rings (SSSR count). The summed E-state index contributed by atoms with van der Waals surface area (Å²) < 4.78 is 6.92. The largest absolute Gasteiger partial charge is 0.481 e. The third kappa shape index (κ3) is 2.34. The van der Waals surface area contributed by atoms with Crippen LogP contribution >= 0.6 is 0 Å². The van der Waals surface area contributed by atoms with Gasteiger partial charge in [-0.3, -0.25) is 4.68 Å². The lowest BCUT2D eigenvalue weighted by Gasteiger charge is -2.03. The van der Waals surface area contributed by atoms with Gasteiger partial charge in [-0.1, -0.05) is 6.07 Å². The van der Waals surface area contributed by atoms with Crippen LogP contribution in [0.25, 0.3) is 0 Å². The SMILES string of the molecule is COc1cccc(Cn2cc(C)cn2)n1. The molecule has 0 aliphatic carbocycles. The van der Waals surface area contributed by atoms with Gasteiger partial charge in [0.15, 0.2) is 0 Å². The van der Waals surface area contributed by atoms with Crippen molar-refractivity contribution in [1.29, 1.82) is 0 Å². The summed E-state index contributed by atoms with van der Waals surface area (Å²) >= 11 is 0. The Kier molecular flexibility index (Phi) is 2.67. The van der Waals surface area contributed by atoms with E-state index in [4.69, 9.17) is 4.74 Å². The average Bonchev–Trinajstić information content (AvgIpc) is 2.64. The van der Waals surface area contributed by atoms with E-state index in [2.05, 4.69) is 10.1 Å². The van der Waals surface area contributed by atoms with Crippen LogP contribution < -0.4 is 4.74 Å². The number of hydrogen-bond donors (Lipinski definition) is 0. The van der Waals surface area contributed by atoms with E-state index < -0.39 is 0 Å². The molecule has 0 bridgehead atoms. The zero-order chi connectivity index (χ0) is 10.7. The first-order valence-corrected chi connectivity index (χ1v) is 4.77. The van der Waals surface area contributed by atoms with Crippen molar-refractivity contribution in [2.75, 3.05) is 7.11 Å². The lowest BCUT2D eigenvalue weighted by molar-refractivity contribution is 0.395. The summed E-state index contributed by atoms with van der Waals surface area (Å²) in [5.41, 5.74) is 2.09. The summed E-state index contributed by atoms with van der Waals surface area (Å²) in [5, 5.41) is 4.20. The van der Waals surface area contributed by atoms with Gasteiger partial charge in [-0.25, -0.2) is 4.98 Å². The molecule has 0 aromatic carbocycles. The second-order valence-electron chi connectivity index (χ2n) is 3.39. The monoisotopic (exact) mass is 203 g/mol. The third-order valence-electron chi connectivity index (χ3n) is 2.08. The van der Waals surface area contributed by atoms with Crippen molar-refractivity contribution in [3.63, 3.8) is 0 Å². The standard InChI is InChI=1S/C11H13N3O/c1-9-6-12-14(7-9)8-10-4-3-5-11(13-10)15-2/h3-7H,8H2,1-2H3. The molecule has 4 heteroatoms. The quantitative estimate of drug-likeness (QED) is 0.761. The van der Waals surface area contributed by atoms with Gasteiger partial charge in [0.1, 0.15) is 0 Å². The van der Waals surface area contributed by atoms with Crippen molar-refractivity contribution in [3.05, 3.63) is 41.9 Å². The van der Waals surface area contributed by atoms with Crippen LogP contribution in [0.3, 0.4) is 0 Å². The molecule has 0 amide bonds. The maximum absolute atomic E-state index is 5.06. The minimum atomic E-state index is 0.636. The minimum absolute atomic E-state index is 0.636. The number of aromatic nitrogens is 3. The van der Waals surface area contributed by atoms with Crippen molar-refractivity contribution in [2.45, 2.75) is 13.5 Å². The van der Waals surface area contributed by atoms with Gasteiger partial charge < -0.3 is 4.74 Å². The maximum atomic E-state index is 5.06. The predicted molar refractivity (Wildman–Crippen MR) is 56.9 cm³/mol. The van der Waals surface area contributed by atoms with Crippen molar-refractivity contribution >= 4 is 0 Å². The van der Waals surface area contributed by atoms with Crippen LogP contribution in [0, 0.1) is 6.92 Å². The smallest absolute Gasteiger partial charge is 0.213 e. The van der Waals surface area contributed by atoms with Gasteiger partial charge in [-0.05, 0) is 18.6 Å². The van der Waals surface area contributed by atoms with Crippen LogP contribution in [-0.2, 0) is 6.54 Å². The molecule has 0 aliphatic rings. The highest BCUT2D eigenvalue weighted by molar-refractivity contribution is 5.16. The van der Waals surface area contributed by atoms with E-state index in [1.54, 1.807) is 7.11 Å². The minimum Gasteiger partial charge on any atom is -0.481 e. The van der Waals surface area contributed by atoms with Gasteiger partial charge in [-0.2, -0.15) is 5.10 Å². The Morgan fingerprint density at radius 3 is 2.93 bits per heavy atom. The van der Waals surface area contributed by atoms with Gasteiger partial charge in [0, 0.05) is 12.3 Å². The van der Waals surface area contributed by atoms with Gasteiger partial charge >= 0.3 is 0 Å². The molecular formula is C11H13N3O. The van der Waals surface area contributed by atoms with E-state index in [0.29, 0.717) is 12.4 Å². The van der Waals surface area contributed by atoms with Crippen LogP contribution in [-0.4, -0.2) is 21.9 Å². The number of nitrogens with zero attached hydrogens (tertiary/aromatic N) is 3. The molecule has 0 saturated heterocycles. The first-order valence-electron chi connectivity index (χ1n) is 4.77. The maximum Gasteiger partial charge on any atom is 0.213 e. The second-order valence-corrected chi connectivity index (χ2v) is 3.39. The van der Waals surface area contributed by atoms with Crippen LogP contribution in [0.1, 0.15) is 11.3 Å². The molecule has 15 heavy (non-hydrogen) atoms. The summed E-state index contributed by atoms with van der Waals surface area (Å²) in [7, 11) is 1.62. The molecule has 2 aromatic rings. The highest BCUT2D eigenvalue weighted by Crippen LogP contribution is 2.07. The fourth-order valence-corrected chi connectivity index (χ4v) is 1.38. The van der Waals surface area contributed by atoms with Crippen LogP contribution in [0.2, 0.25) is 0 Å². The molecule has 4 nitrogen and oxygen atoms in total. The highest BCUT2D eigenvalue weighted by Gasteiger charge is 1.99. The van der Waals surface area contributed by atoms with Crippen molar-refractivity contribution < 1.29 is 4.74 Å². The number of pyridine rings is 1. The summed E-state index contributed by atoms with van der Waals surface area (Å²) in [6.07, 6.45) is 3.82. The normalized spacial score (nSPS) is 10.3. The fraction of sp³-hybridized carbons (Fsp3) is 0.273. The zero-order valence-electron chi connectivity index (χ0n) is 8.84. The Labute approximate surface area is 88.5 Å². The Morgan fingerprint density at radius 1 is 1.40 bits per heavy atom. The van der Waals surface area contributed by atoms with E-state index in [-0.39, 0.29) is 0 Å². The van der Waals surface area contributed by atoms with Crippen molar-refractivity contribution in [3.8, 4) is 5.88 Å². The molecule has 0 fully saturated rings. The number of hydrogen-bond acceptors (Lipinski definition) is 3. The molecule has 0 N–H and O–H groups in total. The Balaban J connectivity index is 2.16. The molecular weight excluding hydrogens is 190 g/mol. The van der Waals surface area contributed by atoms with Crippen LogP contribution in [0.5, 0.6) is 5.88 Å². The van der Waals surface area contributed by atoms with E-state index in [9.17, 15) is 0 Å². The lowest BCUT2D eigenvalue weighted by Crippen LogP contribution is -2.02. The Morgan fingerprint density at radius 2 is 2.27 bits per heavy atom. The number of ether oxygens (including phenoxy) is 1. The number of aryl methyl sites for hydroxylation is 1. The Bertz CT molecular complexity index is 451. The topological polar surface area (TPSA) is 39.9 Å². The molecule has 2 heterocycles. The van der Waals surface area contributed by atoms with Crippen LogP contribution in [0.4, 0.5) is 0 Å². The van der Waals surface area contributed by atoms with E-state index in [0.717, 1.165) is 11.3 Å². The molecule has 0 spiro atoms. The van der Waals surface area contributed by atoms with E-state index in [1.807, 2.05) is 42.2 Å². The highest BCUT2D eigenvalue weighted by atomic mass is 16.5. The van der Waals surface area contributed by atoms with Crippen molar-refractivity contribution in [2.24, 2.45) is 0 Å². The van der Waals surface area contributed by atoms with E-state index in [1.165, 1.54) is 0 Å². The average molecular weight is 203 g/mol.